The molecular weight excluding hydrogens is 309 g/mol. The first kappa shape index (κ1) is 14.0. The van der Waals surface area contributed by atoms with Crippen molar-refractivity contribution < 1.29 is 9.13 Å². The lowest BCUT2D eigenvalue weighted by Crippen LogP contribution is -2.05. The van der Waals surface area contributed by atoms with Crippen LogP contribution in [-0.4, -0.2) is 7.05 Å². The van der Waals surface area contributed by atoms with Crippen molar-refractivity contribution >= 4 is 15.9 Å². The molecule has 0 saturated carbocycles. The van der Waals surface area contributed by atoms with Gasteiger partial charge in [-0.2, -0.15) is 0 Å². The summed E-state index contributed by atoms with van der Waals surface area (Å²) in [7, 11) is 1.89. The summed E-state index contributed by atoms with van der Waals surface area (Å²) >= 11 is 3.48. The van der Waals surface area contributed by atoms with Crippen molar-refractivity contribution in [2.45, 2.75) is 13.5 Å². The third-order valence-corrected chi connectivity index (χ3v) is 3.44. The predicted molar refractivity (Wildman–Crippen MR) is 78.1 cm³/mol. The van der Waals surface area contributed by atoms with Crippen molar-refractivity contribution in [1.29, 1.82) is 0 Å². The SMILES string of the molecule is CNCc1ccc(Oc2cc(C)ccc2F)cc1Br. The molecule has 0 aliphatic rings. The van der Waals surface area contributed by atoms with Gasteiger partial charge in [-0.05, 0) is 49.4 Å². The van der Waals surface area contributed by atoms with E-state index in [1.165, 1.54) is 6.07 Å². The molecule has 2 aromatic rings. The van der Waals surface area contributed by atoms with Crippen LogP contribution in [0.25, 0.3) is 0 Å². The topological polar surface area (TPSA) is 21.3 Å². The molecule has 0 bridgehead atoms. The molecule has 2 rings (SSSR count). The van der Waals surface area contributed by atoms with E-state index in [4.69, 9.17) is 4.74 Å². The summed E-state index contributed by atoms with van der Waals surface area (Å²) in [5, 5.41) is 3.08. The molecule has 0 atom stereocenters. The Bertz CT molecular complexity index is 586. The van der Waals surface area contributed by atoms with E-state index in [0.717, 1.165) is 22.1 Å². The highest BCUT2D eigenvalue weighted by Crippen LogP contribution is 2.29. The maximum Gasteiger partial charge on any atom is 0.165 e. The van der Waals surface area contributed by atoms with Crippen molar-refractivity contribution in [3.8, 4) is 11.5 Å². The molecule has 0 aliphatic carbocycles. The van der Waals surface area contributed by atoms with Crippen LogP contribution in [0.5, 0.6) is 11.5 Å². The van der Waals surface area contributed by atoms with Crippen LogP contribution in [0.1, 0.15) is 11.1 Å². The molecule has 19 heavy (non-hydrogen) atoms. The molecule has 0 amide bonds. The average Bonchev–Trinajstić information content (AvgIpc) is 2.37. The zero-order valence-corrected chi connectivity index (χ0v) is 12.4. The molecular formula is C15H15BrFNO. The van der Waals surface area contributed by atoms with Crippen LogP contribution >= 0.6 is 15.9 Å². The number of hydrogen-bond donors (Lipinski definition) is 1. The monoisotopic (exact) mass is 323 g/mol. The lowest BCUT2D eigenvalue weighted by atomic mass is 10.2. The van der Waals surface area contributed by atoms with E-state index < -0.39 is 0 Å². The van der Waals surface area contributed by atoms with Crippen LogP contribution in [0.4, 0.5) is 4.39 Å². The van der Waals surface area contributed by atoms with Gasteiger partial charge in [0, 0.05) is 11.0 Å². The van der Waals surface area contributed by atoms with E-state index >= 15 is 0 Å². The van der Waals surface area contributed by atoms with E-state index in [-0.39, 0.29) is 11.6 Å². The Morgan fingerprint density at radius 1 is 1.21 bits per heavy atom. The standard InChI is InChI=1S/C15H15BrFNO/c1-10-3-6-14(17)15(7-10)19-12-5-4-11(9-18-2)13(16)8-12/h3-8,18H,9H2,1-2H3. The number of rotatable bonds is 4. The van der Waals surface area contributed by atoms with Crippen molar-refractivity contribution in [2.24, 2.45) is 0 Å². The van der Waals surface area contributed by atoms with Crippen molar-refractivity contribution in [1.82, 2.24) is 5.32 Å². The van der Waals surface area contributed by atoms with Gasteiger partial charge in [0.1, 0.15) is 5.75 Å². The largest absolute Gasteiger partial charge is 0.454 e. The first-order valence-corrected chi connectivity index (χ1v) is 6.76. The summed E-state index contributed by atoms with van der Waals surface area (Å²) in [4.78, 5) is 0. The van der Waals surface area contributed by atoms with Crippen LogP contribution in [0.3, 0.4) is 0 Å². The lowest BCUT2D eigenvalue weighted by molar-refractivity contribution is 0.441. The number of benzene rings is 2. The molecule has 2 nitrogen and oxygen atoms in total. The van der Waals surface area contributed by atoms with E-state index in [9.17, 15) is 4.39 Å². The Morgan fingerprint density at radius 2 is 2.00 bits per heavy atom. The van der Waals surface area contributed by atoms with Crippen molar-refractivity contribution in [3.63, 3.8) is 0 Å². The molecule has 0 saturated heterocycles. The van der Waals surface area contributed by atoms with Gasteiger partial charge in [-0.3, -0.25) is 0 Å². The van der Waals surface area contributed by atoms with E-state index in [0.29, 0.717) is 5.75 Å². The van der Waals surface area contributed by atoms with Gasteiger partial charge in [-0.15, -0.1) is 0 Å². The second kappa shape index (κ2) is 6.17. The summed E-state index contributed by atoms with van der Waals surface area (Å²) < 4.78 is 20.1. The van der Waals surface area contributed by atoms with Gasteiger partial charge < -0.3 is 10.1 Å². The van der Waals surface area contributed by atoms with E-state index in [1.54, 1.807) is 12.1 Å². The quantitative estimate of drug-likeness (QED) is 0.899. The number of hydrogen-bond acceptors (Lipinski definition) is 2. The molecule has 0 fully saturated rings. The Morgan fingerprint density at radius 3 is 2.68 bits per heavy atom. The fourth-order valence-corrected chi connectivity index (χ4v) is 2.24. The van der Waals surface area contributed by atoms with Crippen molar-refractivity contribution in [3.05, 3.63) is 57.8 Å². The fraction of sp³-hybridized carbons (Fsp3) is 0.200. The highest BCUT2D eigenvalue weighted by molar-refractivity contribution is 9.10. The molecule has 0 heterocycles. The molecule has 4 heteroatoms. The Labute approximate surface area is 120 Å². The van der Waals surface area contributed by atoms with Crippen molar-refractivity contribution in [2.75, 3.05) is 7.05 Å². The third kappa shape index (κ3) is 3.55. The van der Waals surface area contributed by atoms with Crippen LogP contribution in [0.2, 0.25) is 0 Å². The highest BCUT2D eigenvalue weighted by atomic mass is 79.9. The summed E-state index contributed by atoms with van der Waals surface area (Å²) in [6.45, 7) is 2.66. The summed E-state index contributed by atoms with van der Waals surface area (Å²) in [5.74, 6) is 0.491. The number of ether oxygens (including phenoxy) is 1. The molecule has 0 aliphatic heterocycles. The van der Waals surface area contributed by atoms with Gasteiger partial charge in [0.05, 0.1) is 0 Å². The molecule has 2 aromatic carbocycles. The minimum atomic E-state index is -0.360. The van der Waals surface area contributed by atoms with Gasteiger partial charge >= 0.3 is 0 Å². The Hall–Kier alpha value is -1.39. The second-order valence-electron chi connectivity index (χ2n) is 4.32. The number of aryl methyl sites for hydroxylation is 1. The number of nitrogens with one attached hydrogen (secondary N) is 1. The Balaban J connectivity index is 2.24. The van der Waals surface area contributed by atoms with E-state index in [1.807, 2.05) is 32.2 Å². The van der Waals surface area contributed by atoms with Crippen LogP contribution in [0, 0.1) is 12.7 Å². The zero-order chi connectivity index (χ0) is 13.8. The minimum Gasteiger partial charge on any atom is -0.454 e. The van der Waals surface area contributed by atoms with Crippen LogP contribution in [0.15, 0.2) is 40.9 Å². The summed E-state index contributed by atoms with van der Waals surface area (Å²) in [6, 6.07) is 10.4. The molecule has 1 N–H and O–H groups in total. The fourth-order valence-electron chi connectivity index (χ4n) is 1.74. The number of halogens is 2. The average molecular weight is 324 g/mol. The smallest absolute Gasteiger partial charge is 0.165 e. The lowest BCUT2D eigenvalue weighted by Gasteiger charge is -2.10. The van der Waals surface area contributed by atoms with Gasteiger partial charge in [-0.25, -0.2) is 4.39 Å². The minimum absolute atomic E-state index is 0.244. The van der Waals surface area contributed by atoms with Gasteiger partial charge in [0.15, 0.2) is 11.6 Å². The molecule has 0 radical (unpaired) electrons. The summed E-state index contributed by atoms with van der Waals surface area (Å²) in [5.41, 5.74) is 2.09. The first-order valence-electron chi connectivity index (χ1n) is 5.97. The maximum atomic E-state index is 13.6. The van der Waals surface area contributed by atoms with Gasteiger partial charge in [-0.1, -0.05) is 28.1 Å². The van der Waals surface area contributed by atoms with Gasteiger partial charge in [0.2, 0.25) is 0 Å². The third-order valence-electron chi connectivity index (χ3n) is 2.71. The van der Waals surface area contributed by atoms with E-state index in [2.05, 4.69) is 21.2 Å². The maximum absolute atomic E-state index is 13.6. The normalized spacial score (nSPS) is 10.5. The molecule has 100 valence electrons. The molecule has 0 spiro atoms. The second-order valence-corrected chi connectivity index (χ2v) is 5.17. The molecule has 0 unspecified atom stereocenters. The Kier molecular flexibility index (Phi) is 4.56. The first-order chi connectivity index (χ1) is 9.10. The zero-order valence-electron chi connectivity index (χ0n) is 10.8. The van der Waals surface area contributed by atoms with Gasteiger partial charge in [0.25, 0.3) is 0 Å². The molecule has 0 aromatic heterocycles. The summed E-state index contributed by atoms with van der Waals surface area (Å²) in [6.07, 6.45) is 0. The van der Waals surface area contributed by atoms with Crippen LogP contribution < -0.4 is 10.1 Å². The highest BCUT2D eigenvalue weighted by Gasteiger charge is 2.07. The predicted octanol–water partition coefficient (Wildman–Crippen LogP) is 4.41. The van der Waals surface area contributed by atoms with Crippen LogP contribution in [-0.2, 0) is 6.54 Å².